The summed E-state index contributed by atoms with van der Waals surface area (Å²) in [7, 11) is -2.51. The molecule has 1 rings (SSSR count). The fourth-order valence-electron chi connectivity index (χ4n) is 1.48. The quantitative estimate of drug-likeness (QED) is 0.685. The van der Waals surface area contributed by atoms with Gasteiger partial charge in [0.05, 0.1) is 0 Å². The predicted molar refractivity (Wildman–Crippen MR) is 69.2 cm³/mol. The fraction of sp³-hybridized carbons (Fsp3) is 0.500. The first-order valence-corrected chi connectivity index (χ1v) is 7.71. The van der Waals surface area contributed by atoms with Crippen LogP contribution >= 0.6 is 7.94 Å². The SMILES string of the molecule is CCO[PH](CC)(OCC)Oc1ccccc1. The van der Waals surface area contributed by atoms with Crippen LogP contribution in [0.15, 0.2) is 30.3 Å². The van der Waals surface area contributed by atoms with Gasteiger partial charge in [-0.25, -0.2) is 0 Å². The van der Waals surface area contributed by atoms with Crippen molar-refractivity contribution < 1.29 is 13.6 Å². The molecule has 3 nitrogen and oxygen atoms in total. The first kappa shape index (κ1) is 13.4. The Labute approximate surface area is 98.3 Å². The molecule has 0 amide bonds. The van der Waals surface area contributed by atoms with E-state index in [-0.39, 0.29) is 0 Å². The standard InChI is InChI=1S/C12H21O3P/c1-4-13-16(6-3,14-5-2)15-12-10-8-7-9-11-12/h7-11,16H,4-6H2,1-3H3. The van der Waals surface area contributed by atoms with E-state index < -0.39 is 7.94 Å². The third-order valence-corrected chi connectivity index (χ3v) is 5.05. The Morgan fingerprint density at radius 1 is 0.938 bits per heavy atom. The monoisotopic (exact) mass is 244 g/mol. The topological polar surface area (TPSA) is 27.7 Å². The van der Waals surface area contributed by atoms with Gasteiger partial charge in [-0.2, -0.15) is 0 Å². The fourth-order valence-corrected chi connectivity index (χ4v) is 3.61. The molecule has 0 spiro atoms. The van der Waals surface area contributed by atoms with Gasteiger partial charge in [-0.3, -0.25) is 0 Å². The van der Waals surface area contributed by atoms with Crippen LogP contribution in [0.25, 0.3) is 0 Å². The molecular weight excluding hydrogens is 223 g/mol. The summed E-state index contributed by atoms with van der Waals surface area (Å²) in [5.41, 5.74) is 0. The molecule has 0 unspecified atom stereocenters. The Bertz CT molecular complexity index is 284. The second-order valence-corrected chi connectivity index (χ2v) is 6.17. The summed E-state index contributed by atoms with van der Waals surface area (Å²) in [4.78, 5) is 0. The summed E-state index contributed by atoms with van der Waals surface area (Å²) in [6.07, 6.45) is 0.781. The van der Waals surface area contributed by atoms with Crippen LogP contribution in [-0.2, 0) is 9.05 Å². The van der Waals surface area contributed by atoms with Gasteiger partial charge in [0.25, 0.3) is 0 Å². The van der Waals surface area contributed by atoms with Crippen LogP contribution in [0.2, 0.25) is 0 Å². The van der Waals surface area contributed by atoms with Gasteiger partial charge in [-0.05, 0) is 0 Å². The van der Waals surface area contributed by atoms with Gasteiger partial charge in [0.15, 0.2) is 0 Å². The molecular formula is C12H21O3P. The summed E-state index contributed by atoms with van der Waals surface area (Å²) in [5, 5.41) is 0. The average Bonchev–Trinajstić information content (AvgIpc) is 2.31. The second kappa shape index (κ2) is 6.85. The average molecular weight is 244 g/mol. The van der Waals surface area contributed by atoms with Crippen LogP contribution in [0.1, 0.15) is 20.8 Å². The van der Waals surface area contributed by atoms with E-state index in [4.69, 9.17) is 13.6 Å². The van der Waals surface area contributed by atoms with E-state index >= 15 is 0 Å². The minimum atomic E-state index is -2.51. The normalized spacial score (nSPS) is 12.4. The van der Waals surface area contributed by atoms with Gasteiger partial charge >= 0.3 is 97.7 Å². The minimum absolute atomic E-state index is 0.618. The van der Waals surface area contributed by atoms with E-state index in [0.717, 1.165) is 11.9 Å². The number of hydrogen-bond acceptors (Lipinski definition) is 3. The molecule has 0 fully saturated rings. The number of rotatable bonds is 7. The summed E-state index contributed by atoms with van der Waals surface area (Å²) < 4.78 is 17.4. The van der Waals surface area contributed by atoms with Crippen LogP contribution in [0, 0.1) is 0 Å². The Hall–Kier alpha value is -0.630. The molecule has 0 aliphatic heterocycles. The first-order valence-electron chi connectivity index (χ1n) is 5.78. The first-order chi connectivity index (χ1) is 7.76. The molecule has 1 aromatic rings. The van der Waals surface area contributed by atoms with E-state index in [1.807, 2.05) is 51.1 Å². The van der Waals surface area contributed by atoms with Crippen LogP contribution in [-0.4, -0.2) is 19.4 Å². The van der Waals surface area contributed by atoms with Crippen LogP contribution in [0.3, 0.4) is 0 Å². The second-order valence-electron chi connectivity index (χ2n) is 3.32. The van der Waals surface area contributed by atoms with E-state index in [9.17, 15) is 0 Å². The molecule has 0 aliphatic rings. The van der Waals surface area contributed by atoms with Gasteiger partial charge < -0.3 is 0 Å². The van der Waals surface area contributed by atoms with Gasteiger partial charge in [0, 0.05) is 0 Å². The van der Waals surface area contributed by atoms with Gasteiger partial charge in [0.1, 0.15) is 0 Å². The van der Waals surface area contributed by atoms with Crippen LogP contribution in [0.5, 0.6) is 5.75 Å². The molecule has 0 heterocycles. The molecule has 1 aromatic carbocycles. The van der Waals surface area contributed by atoms with Crippen molar-refractivity contribution in [3.8, 4) is 5.75 Å². The predicted octanol–water partition coefficient (Wildman–Crippen LogP) is 3.65. The zero-order valence-corrected chi connectivity index (χ0v) is 11.2. The summed E-state index contributed by atoms with van der Waals surface area (Å²) in [5.74, 6) is 0.818. The van der Waals surface area contributed by atoms with Crippen molar-refractivity contribution in [2.45, 2.75) is 20.8 Å². The zero-order chi connectivity index (χ0) is 11.9. The van der Waals surface area contributed by atoms with Crippen molar-refractivity contribution in [3.63, 3.8) is 0 Å². The van der Waals surface area contributed by atoms with Crippen molar-refractivity contribution in [1.82, 2.24) is 0 Å². The van der Waals surface area contributed by atoms with Gasteiger partial charge in [0.2, 0.25) is 0 Å². The van der Waals surface area contributed by atoms with E-state index in [1.165, 1.54) is 0 Å². The molecule has 0 N–H and O–H groups in total. The van der Waals surface area contributed by atoms with E-state index in [1.54, 1.807) is 0 Å². The molecule has 4 heteroatoms. The zero-order valence-electron chi connectivity index (χ0n) is 10.2. The third kappa shape index (κ3) is 3.75. The summed E-state index contributed by atoms with van der Waals surface area (Å²) >= 11 is 0. The number of hydrogen-bond donors (Lipinski definition) is 0. The maximum absolute atomic E-state index is 5.93. The Balaban J connectivity index is 2.76. The Morgan fingerprint density at radius 2 is 1.50 bits per heavy atom. The molecule has 0 atom stereocenters. The summed E-state index contributed by atoms with van der Waals surface area (Å²) in [6.45, 7) is 7.20. The van der Waals surface area contributed by atoms with E-state index in [0.29, 0.717) is 13.2 Å². The Morgan fingerprint density at radius 3 is 1.94 bits per heavy atom. The van der Waals surface area contributed by atoms with Crippen molar-refractivity contribution in [2.24, 2.45) is 0 Å². The van der Waals surface area contributed by atoms with Crippen LogP contribution in [0.4, 0.5) is 0 Å². The maximum atomic E-state index is 5.93. The van der Waals surface area contributed by atoms with Gasteiger partial charge in [-0.15, -0.1) is 0 Å². The molecule has 0 saturated carbocycles. The molecule has 0 bridgehead atoms. The van der Waals surface area contributed by atoms with Crippen molar-refractivity contribution in [2.75, 3.05) is 19.4 Å². The molecule has 0 saturated heterocycles. The summed E-state index contributed by atoms with van der Waals surface area (Å²) in [6, 6.07) is 9.71. The van der Waals surface area contributed by atoms with E-state index in [2.05, 4.69) is 0 Å². The van der Waals surface area contributed by atoms with Crippen molar-refractivity contribution in [1.29, 1.82) is 0 Å². The van der Waals surface area contributed by atoms with Gasteiger partial charge in [-0.1, -0.05) is 0 Å². The van der Waals surface area contributed by atoms with Crippen molar-refractivity contribution >= 4 is 7.94 Å². The molecule has 0 radical (unpaired) electrons. The number of benzene rings is 1. The van der Waals surface area contributed by atoms with Crippen molar-refractivity contribution in [3.05, 3.63) is 30.3 Å². The number of para-hydroxylation sites is 1. The Kier molecular flexibility index (Phi) is 5.75. The third-order valence-electron chi connectivity index (χ3n) is 2.18. The molecule has 0 aliphatic carbocycles. The molecule has 16 heavy (non-hydrogen) atoms. The molecule has 92 valence electrons. The molecule has 0 aromatic heterocycles. The van der Waals surface area contributed by atoms with Crippen LogP contribution < -0.4 is 4.52 Å².